The largest absolute Gasteiger partial charge is 0.326 e. The number of amides is 1. The molecule has 94 valence electrons. The van der Waals surface area contributed by atoms with Crippen LogP contribution in [0.2, 0.25) is 0 Å². The number of nitriles is 1. The van der Waals surface area contributed by atoms with Crippen LogP contribution in [0.15, 0.2) is 18.2 Å². The van der Waals surface area contributed by atoms with Crippen LogP contribution >= 0.6 is 0 Å². The molecular formula is C13H14FN3O. The van der Waals surface area contributed by atoms with E-state index in [9.17, 15) is 9.18 Å². The quantitative estimate of drug-likeness (QED) is 0.855. The van der Waals surface area contributed by atoms with Crippen LogP contribution in [0.5, 0.6) is 0 Å². The van der Waals surface area contributed by atoms with Gasteiger partial charge in [0.2, 0.25) is 5.91 Å². The number of anilines is 1. The summed E-state index contributed by atoms with van der Waals surface area (Å²) in [5, 5.41) is 14.6. The zero-order chi connectivity index (χ0) is 13.0. The molecule has 2 N–H and O–H groups in total. The number of carbonyl (C=O) groups excluding carboxylic acids is 1. The van der Waals surface area contributed by atoms with E-state index in [1.54, 1.807) is 6.07 Å². The summed E-state index contributed by atoms with van der Waals surface area (Å²) in [6.45, 7) is 0.951. The number of carbonyl (C=O) groups is 1. The lowest BCUT2D eigenvalue weighted by molar-refractivity contribution is -0.116. The number of nitrogens with zero attached hydrogens (tertiary/aromatic N) is 1. The lowest BCUT2D eigenvalue weighted by Gasteiger charge is -2.10. The van der Waals surface area contributed by atoms with Crippen molar-refractivity contribution in [2.24, 2.45) is 0 Å². The smallest absolute Gasteiger partial charge is 0.225 e. The zero-order valence-corrected chi connectivity index (χ0v) is 9.87. The van der Waals surface area contributed by atoms with Gasteiger partial charge in [-0.05, 0) is 37.6 Å². The summed E-state index contributed by atoms with van der Waals surface area (Å²) in [6, 6.07) is 5.95. The Morgan fingerprint density at radius 2 is 2.44 bits per heavy atom. The van der Waals surface area contributed by atoms with E-state index in [-0.39, 0.29) is 17.5 Å². The fourth-order valence-corrected chi connectivity index (χ4v) is 2.06. The van der Waals surface area contributed by atoms with Crippen LogP contribution in [0.25, 0.3) is 0 Å². The molecule has 0 aliphatic carbocycles. The molecule has 5 heteroatoms. The first kappa shape index (κ1) is 12.5. The number of hydrogen-bond acceptors (Lipinski definition) is 3. The van der Waals surface area contributed by atoms with Crippen molar-refractivity contribution in [2.45, 2.75) is 25.3 Å². The van der Waals surface area contributed by atoms with E-state index < -0.39 is 5.82 Å². The second kappa shape index (κ2) is 5.61. The molecule has 1 aromatic rings. The van der Waals surface area contributed by atoms with Crippen LogP contribution in [0, 0.1) is 17.1 Å². The SMILES string of the molecule is N#Cc1cc(NC(=O)CC2CCCN2)ccc1F. The topological polar surface area (TPSA) is 64.9 Å². The molecule has 0 saturated carbocycles. The third-order valence-corrected chi connectivity index (χ3v) is 2.96. The van der Waals surface area contributed by atoms with Gasteiger partial charge in [-0.25, -0.2) is 4.39 Å². The normalized spacial score (nSPS) is 18.3. The van der Waals surface area contributed by atoms with Crippen molar-refractivity contribution in [3.63, 3.8) is 0 Å². The fraction of sp³-hybridized carbons (Fsp3) is 0.385. The zero-order valence-electron chi connectivity index (χ0n) is 9.87. The number of hydrogen-bond donors (Lipinski definition) is 2. The molecule has 0 bridgehead atoms. The summed E-state index contributed by atoms with van der Waals surface area (Å²) in [7, 11) is 0. The van der Waals surface area contributed by atoms with E-state index in [1.165, 1.54) is 18.2 Å². The van der Waals surface area contributed by atoms with Crippen molar-refractivity contribution in [1.82, 2.24) is 5.32 Å². The van der Waals surface area contributed by atoms with Crippen molar-refractivity contribution in [3.8, 4) is 6.07 Å². The summed E-state index contributed by atoms with van der Waals surface area (Å²) in [4.78, 5) is 11.7. The molecule has 1 heterocycles. The number of halogens is 1. The van der Waals surface area contributed by atoms with E-state index in [0.717, 1.165) is 19.4 Å². The van der Waals surface area contributed by atoms with Crippen LogP contribution in [0.4, 0.5) is 10.1 Å². The molecule has 1 amide bonds. The van der Waals surface area contributed by atoms with Crippen molar-refractivity contribution in [1.29, 1.82) is 5.26 Å². The highest BCUT2D eigenvalue weighted by Gasteiger charge is 2.17. The molecule has 0 aromatic heterocycles. The van der Waals surface area contributed by atoms with Gasteiger partial charge in [-0.1, -0.05) is 0 Å². The van der Waals surface area contributed by atoms with Crippen molar-refractivity contribution < 1.29 is 9.18 Å². The molecule has 18 heavy (non-hydrogen) atoms. The Bertz CT molecular complexity index is 489. The summed E-state index contributed by atoms with van der Waals surface area (Å²) in [5.41, 5.74) is 0.391. The first-order valence-electron chi connectivity index (χ1n) is 5.92. The van der Waals surface area contributed by atoms with Gasteiger partial charge in [0.05, 0.1) is 5.56 Å². The van der Waals surface area contributed by atoms with E-state index >= 15 is 0 Å². The monoisotopic (exact) mass is 247 g/mol. The van der Waals surface area contributed by atoms with Gasteiger partial charge >= 0.3 is 0 Å². The van der Waals surface area contributed by atoms with Crippen LogP contribution < -0.4 is 10.6 Å². The van der Waals surface area contributed by atoms with E-state index in [0.29, 0.717) is 12.1 Å². The van der Waals surface area contributed by atoms with Gasteiger partial charge in [-0.15, -0.1) is 0 Å². The molecule has 1 atom stereocenters. The molecule has 1 unspecified atom stereocenters. The maximum absolute atomic E-state index is 13.1. The lowest BCUT2D eigenvalue weighted by atomic mass is 10.1. The molecule has 1 saturated heterocycles. The first-order chi connectivity index (χ1) is 8.69. The van der Waals surface area contributed by atoms with E-state index in [2.05, 4.69) is 10.6 Å². The Morgan fingerprint density at radius 3 is 3.11 bits per heavy atom. The van der Waals surface area contributed by atoms with Gasteiger partial charge in [0.1, 0.15) is 11.9 Å². The highest BCUT2D eigenvalue weighted by atomic mass is 19.1. The van der Waals surface area contributed by atoms with Gasteiger partial charge in [0, 0.05) is 18.2 Å². The Kier molecular flexibility index (Phi) is 3.90. The number of rotatable bonds is 3. The number of nitrogens with one attached hydrogen (secondary N) is 2. The maximum Gasteiger partial charge on any atom is 0.225 e. The van der Waals surface area contributed by atoms with Gasteiger partial charge in [-0.2, -0.15) is 5.26 Å². The van der Waals surface area contributed by atoms with Crippen molar-refractivity contribution >= 4 is 11.6 Å². The molecule has 1 aliphatic rings. The first-order valence-corrected chi connectivity index (χ1v) is 5.92. The Labute approximate surface area is 105 Å². The average molecular weight is 247 g/mol. The van der Waals surface area contributed by atoms with Gasteiger partial charge in [-0.3, -0.25) is 4.79 Å². The predicted octanol–water partition coefficient (Wildman–Crippen LogP) is 1.78. The second-order valence-corrected chi connectivity index (χ2v) is 4.35. The van der Waals surface area contributed by atoms with Crippen LogP contribution in [-0.2, 0) is 4.79 Å². The van der Waals surface area contributed by atoms with Crippen LogP contribution in [-0.4, -0.2) is 18.5 Å². The highest BCUT2D eigenvalue weighted by Crippen LogP contribution is 2.15. The average Bonchev–Trinajstić information content (AvgIpc) is 2.84. The molecular weight excluding hydrogens is 233 g/mol. The molecule has 0 spiro atoms. The van der Waals surface area contributed by atoms with Gasteiger partial charge < -0.3 is 10.6 Å². The lowest BCUT2D eigenvalue weighted by Crippen LogP contribution is -2.27. The summed E-state index contributed by atoms with van der Waals surface area (Å²) >= 11 is 0. The van der Waals surface area contributed by atoms with E-state index in [4.69, 9.17) is 5.26 Å². The summed E-state index contributed by atoms with van der Waals surface area (Å²) < 4.78 is 13.1. The molecule has 1 aliphatic heterocycles. The summed E-state index contributed by atoms with van der Waals surface area (Å²) in [5.74, 6) is -0.696. The van der Waals surface area contributed by atoms with Crippen LogP contribution in [0.1, 0.15) is 24.8 Å². The minimum Gasteiger partial charge on any atom is -0.326 e. The third-order valence-electron chi connectivity index (χ3n) is 2.96. The molecule has 1 aromatic carbocycles. The minimum absolute atomic E-state index is 0.0632. The van der Waals surface area contributed by atoms with Gasteiger partial charge in [0.25, 0.3) is 0 Å². The predicted molar refractivity (Wildman–Crippen MR) is 65.4 cm³/mol. The minimum atomic E-state index is -0.576. The summed E-state index contributed by atoms with van der Waals surface area (Å²) in [6.07, 6.45) is 2.49. The molecule has 2 rings (SSSR count). The van der Waals surface area contributed by atoms with E-state index in [1.807, 2.05) is 0 Å². The Balaban J connectivity index is 1.96. The fourth-order valence-electron chi connectivity index (χ4n) is 2.06. The van der Waals surface area contributed by atoms with Crippen molar-refractivity contribution in [2.75, 3.05) is 11.9 Å². The highest BCUT2D eigenvalue weighted by molar-refractivity contribution is 5.91. The Morgan fingerprint density at radius 1 is 1.61 bits per heavy atom. The van der Waals surface area contributed by atoms with Crippen molar-refractivity contribution in [3.05, 3.63) is 29.6 Å². The maximum atomic E-state index is 13.1. The molecule has 4 nitrogen and oxygen atoms in total. The molecule has 1 fully saturated rings. The Hall–Kier alpha value is -1.93. The number of benzene rings is 1. The third kappa shape index (κ3) is 3.05. The second-order valence-electron chi connectivity index (χ2n) is 4.35. The van der Waals surface area contributed by atoms with Crippen LogP contribution in [0.3, 0.4) is 0 Å². The standard InChI is InChI=1S/C13H14FN3O/c14-12-4-3-11(6-9(12)8-15)17-13(18)7-10-2-1-5-16-10/h3-4,6,10,16H,1-2,5,7H2,(H,17,18). The molecule has 0 radical (unpaired) electrons. The van der Waals surface area contributed by atoms with Gasteiger partial charge in [0.15, 0.2) is 0 Å².